The number of benzene rings is 2. The number of ether oxygens (including phenoxy) is 2. The molecular formula is C17H15BI2O5-. The van der Waals surface area contributed by atoms with E-state index in [1.165, 1.54) is 0 Å². The molecule has 2 atom stereocenters. The minimum absolute atomic E-state index is 0.0222. The number of phenolic OH excluding ortho intramolecular Hbond substituents is 1. The Balaban J connectivity index is 1.51. The number of hydrogen-bond donors (Lipinski definition) is 1. The van der Waals surface area contributed by atoms with Crippen molar-refractivity contribution >= 4 is 50.4 Å². The molecule has 0 saturated carbocycles. The molecule has 0 spiro atoms. The Hall–Kier alpha value is -1.04. The molecule has 1 heterocycles. The average Bonchev–Trinajstić information content (AvgIpc) is 3.43. The molecule has 1 saturated heterocycles. The van der Waals surface area contributed by atoms with Gasteiger partial charge in [0.2, 0.25) is 0 Å². The predicted molar refractivity (Wildman–Crippen MR) is 98.8 cm³/mol. The van der Waals surface area contributed by atoms with Crippen LogP contribution in [0.4, 0.5) is 0 Å². The molecule has 8 heteroatoms. The van der Waals surface area contributed by atoms with Crippen LogP contribution in [-0.4, -0.2) is 42.6 Å². The predicted octanol–water partition coefficient (Wildman–Crippen LogP) is -0.513. The van der Waals surface area contributed by atoms with Crippen LogP contribution in [0, 0.1) is 0 Å². The first-order valence-electron chi connectivity index (χ1n) is 7.59. The van der Waals surface area contributed by atoms with Crippen LogP contribution >= 0.6 is 22.6 Å². The van der Waals surface area contributed by atoms with Crippen molar-refractivity contribution in [2.75, 3.05) is 13.2 Å². The number of fused-ring (bicyclic) bond motifs is 1. The first-order chi connectivity index (χ1) is 11.9. The zero-order valence-electron chi connectivity index (χ0n) is 13.4. The van der Waals surface area contributed by atoms with Crippen molar-refractivity contribution in [3.8, 4) is 5.75 Å². The first-order valence-corrected chi connectivity index (χ1v) is 11.2. The second kappa shape index (κ2) is 7.69. The summed E-state index contributed by atoms with van der Waals surface area (Å²) in [5, 5.41) is 13.3. The van der Waals surface area contributed by atoms with Crippen LogP contribution in [0.15, 0.2) is 36.4 Å². The van der Waals surface area contributed by atoms with Gasteiger partial charge in [0, 0.05) is 0 Å². The van der Waals surface area contributed by atoms with E-state index in [0.717, 1.165) is 10.8 Å². The Bertz CT molecular complexity index is 820. The van der Waals surface area contributed by atoms with E-state index < -0.39 is 9.39 Å². The number of aromatic hydroxyl groups is 1. The summed E-state index contributed by atoms with van der Waals surface area (Å²) in [7, 11) is 0. The number of rotatable bonds is 6. The molecule has 131 valence electrons. The molecule has 2 aromatic carbocycles. The van der Waals surface area contributed by atoms with Gasteiger partial charge in [-0.05, 0) is 12.1 Å². The third kappa shape index (κ3) is 4.58. The average molecular weight is 564 g/mol. The quantitative estimate of drug-likeness (QED) is 0.169. The molecule has 0 bridgehead atoms. The van der Waals surface area contributed by atoms with Gasteiger partial charge in [-0.25, -0.2) is 0 Å². The number of carbonyl (C=O) groups excluding carboxylic acids is 2. The van der Waals surface area contributed by atoms with Gasteiger partial charge in [0.05, 0.1) is 0 Å². The number of carbonyl (C=O) groups is 2. The summed E-state index contributed by atoms with van der Waals surface area (Å²) in [5.41, 5.74) is 0.417. The van der Waals surface area contributed by atoms with Crippen molar-refractivity contribution in [1.29, 1.82) is 0 Å². The summed E-state index contributed by atoms with van der Waals surface area (Å²) >= 11 is 2.17. The second-order valence-electron chi connectivity index (χ2n) is 5.75. The van der Waals surface area contributed by atoms with E-state index in [4.69, 9.17) is 9.47 Å². The van der Waals surface area contributed by atoms with Gasteiger partial charge in [-0.15, -0.1) is 0 Å². The van der Waals surface area contributed by atoms with Gasteiger partial charge < -0.3 is 5.11 Å². The summed E-state index contributed by atoms with van der Waals surface area (Å²) < 4.78 is 10.3. The van der Waals surface area contributed by atoms with Crippen LogP contribution in [0.1, 0.15) is 17.3 Å². The molecule has 0 amide bonds. The summed E-state index contributed by atoms with van der Waals surface area (Å²) in [4.78, 5) is 24.1. The van der Waals surface area contributed by atoms with Crippen LogP contribution in [0.5, 0.6) is 5.75 Å². The van der Waals surface area contributed by atoms with Crippen molar-refractivity contribution in [3.63, 3.8) is 0 Å². The monoisotopic (exact) mass is 564 g/mol. The summed E-state index contributed by atoms with van der Waals surface area (Å²) in [6, 6.07) is 10.0. The number of esters is 2. The molecule has 1 N–H and O–H groups in total. The van der Waals surface area contributed by atoms with Gasteiger partial charge in [0.1, 0.15) is 5.75 Å². The van der Waals surface area contributed by atoms with Crippen molar-refractivity contribution in [1.82, 2.24) is 0 Å². The van der Waals surface area contributed by atoms with Gasteiger partial charge >= 0.3 is 148 Å². The number of phenols is 1. The SMILES string of the molecule is CC(I)(C(=O)OCCOC(=O)c1ccc2cc(O)ccc2c1)C1[B][I-]1. The zero-order chi connectivity index (χ0) is 18.0. The fourth-order valence-electron chi connectivity index (χ4n) is 2.24. The molecule has 0 aliphatic carbocycles. The van der Waals surface area contributed by atoms with E-state index >= 15 is 0 Å². The van der Waals surface area contributed by atoms with Gasteiger partial charge in [-0.1, -0.05) is 0 Å². The third-order valence-electron chi connectivity index (χ3n) is 3.78. The fourth-order valence-corrected chi connectivity index (χ4v) is 6.03. The van der Waals surface area contributed by atoms with Gasteiger partial charge in [0.15, 0.2) is 0 Å². The Labute approximate surface area is 169 Å². The number of alkyl halides is 2. The topological polar surface area (TPSA) is 72.8 Å². The Morgan fingerprint density at radius 1 is 1.20 bits per heavy atom. The van der Waals surface area contributed by atoms with E-state index in [2.05, 4.69) is 27.7 Å². The van der Waals surface area contributed by atoms with E-state index in [-0.39, 0.29) is 45.9 Å². The number of halogens is 2. The van der Waals surface area contributed by atoms with Crippen LogP contribution in [0.2, 0.25) is 0 Å². The normalized spacial score (nSPS) is 18.4. The van der Waals surface area contributed by atoms with E-state index in [1.807, 2.05) is 6.92 Å². The van der Waals surface area contributed by atoms with Crippen LogP contribution in [0.3, 0.4) is 0 Å². The fraction of sp³-hybridized carbons (Fsp3) is 0.294. The molecule has 1 fully saturated rings. The Kier molecular flexibility index (Phi) is 5.76. The summed E-state index contributed by atoms with van der Waals surface area (Å²) in [6.45, 7) is 1.95. The van der Waals surface area contributed by atoms with Crippen LogP contribution < -0.4 is 21.0 Å². The molecule has 2 unspecified atom stereocenters. The second-order valence-corrected chi connectivity index (χ2v) is 10.8. The third-order valence-corrected chi connectivity index (χ3v) is 8.77. The van der Waals surface area contributed by atoms with Crippen molar-refractivity contribution in [3.05, 3.63) is 42.0 Å². The molecule has 1 aliphatic rings. The standard InChI is InChI=1S/C17H15BI2O5/c1-17(19,15-18-20-15)16(23)25-7-6-24-14(22)12-3-2-11-9-13(21)5-4-10(11)8-12/h2-5,8-9,15,21H,6-7H2,1H3/q-1. The van der Waals surface area contributed by atoms with Gasteiger partial charge in [-0.2, -0.15) is 0 Å². The van der Waals surface area contributed by atoms with Crippen molar-refractivity contribution < 1.29 is 45.2 Å². The molecule has 1 aliphatic heterocycles. The maximum absolute atomic E-state index is 12.1. The molecule has 5 nitrogen and oxygen atoms in total. The summed E-state index contributed by atoms with van der Waals surface area (Å²) in [6.07, 6.45) is 0. The van der Waals surface area contributed by atoms with Crippen LogP contribution in [-0.2, 0) is 14.3 Å². The van der Waals surface area contributed by atoms with E-state index in [0.29, 0.717) is 9.39 Å². The van der Waals surface area contributed by atoms with E-state index in [1.54, 1.807) is 36.4 Å². The Morgan fingerprint density at radius 2 is 1.84 bits per heavy atom. The van der Waals surface area contributed by atoms with Gasteiger partial charge in [-0.3, -0.25) is 0 Å². The first kappa shape index (κ1) is 18.7. The molecule has 0 aromatic heterocycles. The molecular weight excluding hydrogens is 549 g/mol. The zero-order valence-corrected chi connectivity index (χ0v) is 17.7. The van der Waals surface area contributed by atoms with Crippen molar-refractivity contribution in [2.45, 2.75) is 14.2 Å². The molecule has 2 aromatic rings. The van der Waals surface area contributed by atoms with E-state index in [9.17, 15) is 14.7 Å². The minimum atomic E-state index is -0.501. The Morgan fingerprint density at radius 3 is 2.56 bits per heavy atom. The van der Waals surface area contributed by atoms with Crippen molar-refractivity contribution in [2.24, 2.45) is 0 Å². The maximum atomic E-state index is 12.1. The number of hydrogen-bond acceptors (Lipinski definition) is 5. The molecule has 3 rings (SSSR count). The molecule has 25 heavy (non-hydrogen) atoms. The molecule has 1 radical (unpaired) electrons. The van der Waals surface area contributed by atoms with Gasteiger partial charge in [0.25, 0.3) is 0 Å². The summed E-state index contributed by atoms with van der Waals surface area (Å²) in [5.74, 6) is -0.546. The van der Waals surface area contributed by atoms with Crippen LogP contribution in [0.25, 0.3) is 10.8 Å².